The zero-order chi connectivity index (χ0) is 11.4. The molecule has 1 atom stereocenters. The van der Waals surface area contributed by atoms with Crippen molar-refractivity contribution >= 4 is 15.9 Å². The van der Waals surface area contributed by atoms with Gasteiger partial charge in [0.1, 0.15) is 5.82 Å². The molecule has 0 amide bonds. The third-order valence-electron chi connectivity index (χ3n) is 2.58. The standard InChI is InChI=1S/C12H14BrN3/c1-14-11(12-15-6-7-16-12)8-9-4-2-3-5-10(9)13/h2-7,11,14H,8H2,1H3,(H,15,16). The van der Waals surface area contributed by atoms with Crippen LogP contribution in [0.15, 0.2) is 41.1 Å². The first kappa shape index (κ1) is 11.4. The molecule has 1 aromatic carbocycles. The maximum atomic E-state index is 4.28. The molecule has 3 nitrogen and oxygen atoms in total. The fourth-order valence-electron chi connectivity index (χ4n) is 1.69. The van der Waals surface area contributed by atoms with E-state index in [1.807, 2.05) is 19.3 Å². The topological polar surface area (TPSA) is 40.7 Å². The minimum Gasteiger partial charge on any atom is -0.347 e. The van der Waals surface area contributed by atoms with Gasteiger partial charge >= 0.3 is 0 Å². The molecular weight excluding hydrogens is 266 g/mol. The molecule has 0 aliphatic carbocycles. The highest BCUT2D eigenvalue weighted by Gasteiger charge is 2.13. The summed E-state index contributed by atoms with van der Waals surface area (Å²) in [5, 5.41) is 3.27. The largest absolute Gasteiger partial charge is 0.347 e. The van der Waals surface area contributed by atoms with E-state index >= 15 is 0 Å². The number of imidazole rings is 1. The lowest BCUT2D eigenvalue weighted by Gasteiger charge is -2.14. The van der Waals surface area contributed by atoms with Crippen LogP contribution >= 0.6 is 15.9 Å². The predicted octanol–water partition coefficient (Wildman–Crippen LogP) is 2.68. The molecule has 0 saturated carbocycles. The smallest absolute Gasteiger partial charge is 0.123 e. The van der Waals surface area contributed by atoms with Crippen LogP contribution in [0.3, 0.4) is 0 Å². The van der Waals surface area contributed by atoms with Crippen LogP contribution in [0.25, 0.3) is 0 Å². The quantitative estimate of drug-likeness (QED) is 0.904. The van der Waals surface area contributed by atoms with Crippen molar-refractivity contribution in [1.29, 1.82) is 0 Å². The van der Waals surface area contributed by atoms with E-state index in [1.54, 1.807) is 6.20 Å². The minimum atomic E-state index is 0.216. The molecule has 0 spiro atoms. The summed E-state index contributed by atoms with van der Waals surface area (Å²) in [5.74, 6) is 0.971. The zero-order valence-electron chi connectivity index (χ0n) is 9.07. The minimum absolute atomic E-state index is 0.216. The summed E-state index contributed by atoms with van der Waals surface area (Å²) in [5.41, 5.74) is 1.28. The van der Waals surface area contributed by atoms with Crippen molar-refractivity contribution in [3.63, 3.8) is 0 Å². The van der Waals surface area contributed by atoms with Gasteiger partial charge in [-0.1, -0.05) is 34.1 Å². The summed E-state index contributed by atoms with van der Waals surface area (Å²) in [6.07, 6.45) is 4.53. The number of aromatic amines is 1. The summed E-state index contributed by atoms with van der Waals surface area (Å²) in [6, 6.07) is 8.47. The van der Waals surface area contributed by atoms with Gasteiger partial charge in [-0.2, -0.15) is 0 Å². The Labute approximate surface area is 103 Å². The molecule has 0 radical (unpaired) electrons. The lowest BCUT2D eigenvalue weighted by atomic mass is 10.1. The van der Waals surface area contributed by atoms with Crippen molar-refractivity contribution in [3.8, 4) is 0 Å². The Hall–Kier alpha value is -1.13. The molecular formula is C12H14BrN3. The van der Waals surface area contributed by atoms with E-state index in [-0.39, 0.29) is 6.04 Å². The van der Waals surface area contributed by atoms with E-state index in [4.69, 9.17) is 0 Å². The Morgan fingerprint density at radius 1 is 1.44 bits per heavy atom. The van der Waals surface area contributed by atoms with Crippen molar-refractivity contribution in [1.82, 2.24) is 15.3 Å². The van der Waals surface area contributed by atoms with Gasteiger partial charge in [-0.25, -0.2) is 4.98 Å². The molecule has 0 fully saturated rings. The number of rotatable bonds is 4. The van der Waals surface area contributed by atoms with Crippen molar-refractivity contribution in [2.24, 2.45) is 0 Å². The monoisotopic (exact) mass is 279 g/mol. The number of nitrogens with zero attached hydrogens (tertiary/aromatic N) is 1. The van der Waals surface area contributed by atoms with Crippen molar-refractivity contribution < 1.29 is 0 Å². The Balaban J connectivity index is 2.17. The van der Waals surface area contributed by atoms with Crippen LogP contribution in [0.1, 0.15) is 17.4 Å². The number of nitrogens with one attached hydrogen (secondary N) is 2. The van der Waals surface area contributed by atoms with Crippen LogP contribution in [0.5, 0.6) is 0 Å². The second-order valence-corrected chi connectivity index (χ2v) is 4.47. The normalized spacial score (nSPS) is 12.6. The van der Waals surface area contributed by atoms with Crippen molar-refractivity contribution in [2.45, 2.75) is 12.5 Å². The van der Waals surface area contributed by atoms with Gasteiger partial charge < -0.3 is 10.3 Å². The van der Waals surface area contributed by atoms with E-state index in [9.17, 15) is 0 Å². The summed E-state index contributed by atoms with van der Waals surface area (Å²) < 4.78 is 1.14. The Morgan fingerprint density at radius 2 is 2.25 bits per heavy atom. The first-order valence-electron chi connectivity index (χ1n) is 5.21. The Kier molecular flexibility index (Phi) is 3.74. The van der Waals surface area contributed by atoms with Gasteiger partial charge in [0.2, 0.25) is 0 Å². The van der Waals surface area contributed by atoms with E-state index in [1.165, 1.54) is 5.56 Å². The molecule has 16 heavy (non-hydrogen) atoms. The van der Waals surface area contributed by atoms with Gasteiger partial charge in [0.15, 0.2) is 0 Å². The maximum Gasteiger partial charge on any atom is 0.123 e. The maximum absolute atomic E-state index is 4.28. The van der Waals surface area contributed by atoms with Gasteiger partial charge in [0.25, 0.3) is 0 Å². The number of aromatic nitrogens is 2. The van der Waals surface area contributed by atoms with Crippen LogP contribution in [0.4, 0.5) is 0 Å². The van der Waals surface area contributed by atoms with Crippen LogP contribution in [-0.4, -0.2) is 17.0 Å². The molecule has 0 aliphatic rings. The predicted molar refractivity (Wildman–Crippen MR) is 68.2 cm³/mol. The highest BCUT2D eigenvalue weighted by molar-refractivity contribution is 9.10. The molecule has 0 aliphatic heterocycles. The summed E-state index contributed by atoms with van der Waals surface area (Å²) >= 11 is 3.56. The summed E-state index contributed by atoms with van der Waals surface area (Å²) in [6.45, 7) is 0. The third-order valence-corrected chi connectivity index (χ3v) is 3.35. The second-order valence-electron chi connectivity index (χ2n) is 3.61. The first-order valence-corrected chi connectivity index (χ1v) is 6.00. The molecule has 1 heterocycles. The molecule has 2 rings (SSSR count). The molecule has 4 heteroatoms. The lowest BCUT2D eigenvalue weighted by Crippen LogP contribution is -2.20. The fraction of sp³-hybridized carbons (Fsp3) is 0.250. The van der Waals surface area contributed by atoms with E-state index in [0.29, 0.717) is 0 Å². The molecule has 0 bridgehead atoms. The zero-order valence-corrected chi connectivity index (χ0v) is 10.7. The van der Waals surface area contributed by atoms with Gasteiger partial charge in [-0.3, -0.25) is 0 Å². The van der Waals surface area contributed by atoms with Gasteiger partial charge in [0, 0.05) is 16.9 Å². The van der Waals surface area contributed by atoms with Gasteiger partial charge in [0.05, 0.1) is 6.04 Å². The van der Waals surface area contributed by atoms with E-state index in [2.05, 4.69) is 49.4 Å². The van der Waals surface area contributed by atoms with Crippen LogP contribution in [-0.2, 0) is 6.42 Å². The van der Waals surface area contributed by atoms with E-state index < -0.39 is 0 Å². The third kappa shape index (κ3) is 2.51. The number of halogens is 1. The molecule has 84 valence electrons. The Bertz CT molecular complexity index is 439. The lowest BCUT2D eigenvalue weighted by molar-refractivity contribution is 0.562. The SMILES string of the molecule is CNC(Cc1ccccc1Br)c1ncc[nH]1. The molecule has 0 saturated heterocycles. The molecule has 2 aromatic rings. The average Bonchev–Trinajstić information content (AvgIpc) is 2.81. The molecule has 1 unspecified atom stereocenters. The Morgan fingerprint density at radius 3 is 2.88 bits per heavy atom. The molecule has 2 N–H and O–H groups in total. The summed E-state index contributed by atoms with van der Waals surface area (Å²) in [4.78, 5) is 7.42. The van der Waals surface area contributed by atoms with Crippen LogP contribution in [0, 0.1) is 0 Å². The summed E-state index contributed by atoms with van der Waals surface area (Å²) in [7, 11) is 1.95. The number of benzene rings is 1. The number of likely N-dealkylation sites (N-methyl/N-ethyl adjacent to an activating group) is 1. The number of hydrogen-bond donors (Lipinski definition) is 2. The second kappa shape index (κ2) is 5.27. The van der Waals surface area contributed by atoms with Gasteiger partial charge in [-0.05, 0) is 25.1 Å². The highest BCUT2D eigenvalue weighted by atomic mass is 79.9. The number of hydrogen-bond acceptors (Lipinski definition) is 2. The highest BCUT2D eigenvalue weighted by Crippen LogP contribution is 2.21. The van der Waals surface area contributed by atoms with Crippen LogP contribution < -0.4 is 5.32 Å². The number of H-pyrrole nitrogens is 1. The average molecular weight is 280 g/mol. The van der Waals surface area contributed by atoms with Gasteiger partial charge in [-0.15, -0.1) is 0 Å². The van der Waals surface area contributed by atoms with Crippen LogP contribution in [0.2, 0.25) is 0 Å². The first-order chi connectivity index (χ1) is 7.81. The fourth-order valence-corrected chi connectivity index (χ4v) is 2.13. The van der Waals surface area contributed by atoms with E-state index in [0.717, 1.165) is 16.7 Å². The van der Waals surface area contributed by atoms with Crippen molar-refractivity contribution in [2.75, 3.05) is 7.05 Å². The van der Waals surface area contributed by atoms with Crippen molar-refractivity contribution in [3.05, 3.63) is 52.5 Å². The molecule has 1 aromatic heterocycles.